The molecule has 0 amide bonds. The van der Waals surface area contributed by atoms with Crippen LogP contribution < -0.4 is 20.8 Å². The molecule has 1 aromatic carbocycles. The van der Waals surface area contributed by atoms with Gasteiger partial charge in [-0.3, -0.25) is 14.2 Å². The number of anilines is 2. The summed E-state index contributed by atoms with van der Waals surface area (Å²) in [7, 11) is 1.24. The molecule has 1 aliphatic heterocycles. The van der Waals surface area contributed by atoms with Crippen LogP contribution in [-0.2, 0) is 17.8 Å². The number of benzene rings is 1. The van der Waals surface area contributed by atoms with E-state index in [1.54, 1.807) is 0 Å². The van der Waals surface area contributed by atoms with E-state index in [1.165, 1.54) is 23.8 Å². The van der Waals surface area contributed by atoms with Crippen molar-refractivity contribution in [3.63, 3.8) is 0 Å². The lowest BCUT2D eigenvalue weighted by molar-refractivity contribution is 0.0562. The summed E-state index contributed by atoms with van der Waals surface area (Å²) in [5, 5.41) is 4.39. The third-order valence-corrected chi connectivity index (χ3v) is 4.72. The van der Waals surface area contributed by atoms with Crippen LogP contribution in [0.2, 0.25) is 0 Å². The molecule has 0 spiro atoms. The Hall–Kier alpha value is -3.82. The second-order valence-electron chi connectivity index (χ2n) is 6.56. The molecule has 0 atom stereocenters. The summed E-state index contributed by atoms with van der Waals surface area (Å²) in [5.74, 6) is 0.796. The summed E-state index contributed by atoms with van der Waals surface area (Å²) in [6.45, 7) is 3.26. The largest absolute Gasteiger partial charge is 0.494 e. The predicted octanol–water partition coefficient (Wildman–Crippen LogP) is 1.38. The maximum atomic E-state index is 12.6. The number of hydrogen-bond acceptors (Lipinski definition) is 8. The molecule has 0 radical (unpaired) electrons. The molecule has 4 rings (SSSR count). The SMILES string of the molecule is CCOc1ccc(N2CCn3c2nn(Cc2ccc(C(=O)OC)o2)c(=O)c3=O)cc1. The fourth-order valence-corrected chi connectivity index (χ4v) is 3.29. The number of fused-ring (bicyclic) bond motifs is 1. The molecule has 10 heteroatoms. The van der Waals surface area contributed by atoms with Crippen molar-refractivity contribution >= 4 is 17.6 Å². The lowest BCUT2D eigenvalue weighted by Gasteiger charge is -2.18. The maximum absolute atomic E-state index is 12.6. The highest BCUT2D eigenvalue weighted by atomic mass is 16.5. The minimum Gasteiger partial charge on any atom is -0.494 e. The number of furan rings is 1. The average Bonchev–Trinajstić information content (AvgIpc) is 3.39. The van der Waals surface area contributed by atoms with Crippen LogP contribution in [0, 0.1) is 0 Å². The molecule has 3 aromatic rings. The van der Waals surface area contributed by atoms with Crippen LogP contribution in [0.1, 0.15) is 23.2 Å². The number of hydrogen-bond donors (Lipinski definition) is 0. The van der Waals surface area contributed by atoms with Gasteiger partial charge in [0.1, 0.15) is 18.1 Å². The van der Waals surface area contributed by atoms with Crippen molar-refractivity contribution in [2.45, 2.75) is 20.0 Å². The molecule has 10 nitrogen and oxygen atoms in total. The quantitative estimate of drug-likeness (QED) is 0.441. The number of carbonyl (C=O) groups excluding carboxylic acids is 1. The Labute approximate surface area is 170 Å². The van der Waals surface area contributed by atoms with Gasteiger partial charge in [-0.1, -0.05) is 0 Å². The lowest BCUT2D eigenvalue weighted by Crippen LogP contribution is -2.42. The van der Waals surface area contributed by atoms with Crippen molar-refractivity contribution in [1.82, 2.24) is 14.3 Å². The summed E-state index contributed by atoms with van der Waals surface area (Å²) in [5.41, 5.74) is -0.593. The molecular formula is C20H20N4O6. The van der Waals surface area contributed by atoms with E-state index in [9.17, 15) is 14.4 Å². The number of nitrogens with zero attached hydrogens (tertiary/aromatic N) is 4. The first-order valence-corrected chi connectivity index (χ1v) is 9.41. The first-order valence-electron chi connectivity index (χ1n) is 9.41. The Morgan fingerprint density at radius 2 is 1.87 bits per heavy atom. The van der Waals surface area contributed by atoms with E-state index in [1.807, 2.05) is 36.1 Å². The van der Waals surface area contributed by atoms with E-state index >= 15 is 0 Å². The molecule has 2 aromatic heterocycles. The maximum Gasteiger partial charge on any atom is 0.373 e. The van der Waals surface area contributed by atoms with Crippen molar-refractivity contribution in [3.8, 4) is 5.75 Å². The summed E-state index contributed by atoms with van der Waals surface area (Å²) >= 11 is 0. The Bertz CT molecular complexity index is 1190. The van der Waals surface area contributed by atoms with Gasteiger partial charge >= 0.3 is 17.1 Å². The number of aromatic nitrogens is 3. The van der Waals surface area contributed by atoms with Crippen LogP contribution in [0.4, 0.5) is 11.6 Å². The van der Waals surface area contributed by atoms with Crippen LogP contribution in [0.5, 0.6) is 5.75 Å². The van der Waals surface area contributed by atoms with Crippen LogP contribution in [0.3, 0.4) is 0 Å². The molecule has 0 fully saturated rings. The molecule has 0 saturated carbocycles. The number of methoxy groups -OCH3 is 1. The Kier molecular flexibility index (Phi) is 5.13. The van der Waals surface area contributed by atoms with Gasteiger partial charge in [0.25, 0.3) is 0 Å². The van der Waals surface area contributed by atoms with Gasteiger partial charge in [-0.2, -0.15) is 0 Å². The fourth-order valence-electron chi connectivity index (χ4n) is 3.29. The first-order chi connectivity index (χ1) is 14.5. The smallest absolute Gasteiger partial charge is 0.373 e. The van der Waals surface area contributed by atoms with Gasteiger partial charge in [0.05, 0.1) is 13.7 Å². The average molecular weight is 412 g/mol. The molecule has 0 unspecified atom stereocenters. The van der Waals surface area contributed by atoms with Crippen molar-refractivity contribution in [2.24, 2.45) is 0 Å². The second-order valence-corrected chi connectivity index (χ2v) is 6.56. The molecule has 0 aliphatic carbocycles. The van der Waals surface area contributed by atoms with Gasteiger partial charge < -0.3 is 18.8 Å². The molecular weight excluding hydrogens is 392 g/mol. The summed E-state index contributed by atoms with van der Waals surface area (Å²) < 4.78 is 17.9. The van der Waals surface area contributed by atoms with Crippen LogP contribution in [0.15, 0.2) is 50.4 Å². The molecule has 3 heterocycles. The summed E-state index contributed by atoms with van der Waals surface area (Å²) in [6.07, 6.45) is 0. The Balaban J connectivity index is 1.67. The molecule has 0 bridgehead atoms. The zero-order valence-corrected chi connectivity index (χ0v) is 16.5. The summed E-state index contributed by atoms with van der Waals surface area (Å²) in [6, 6.07) is 10.4. The van der Waals surface area contributed by atoms with E-state index in [0.29, 0.717) is 31.4 Å². The van der Waals surface area contributed by atoms with E-state index in [2.05, 4.69) is 9.84 Å². The number of carbonyl (C=O) groups is 1. The van der Waals surface area contributed by atoms with Crippen LogP contribution in [-0.4, -0.2) is 40.6 Å². The topological polar surface area (TPSA) is 109 Å². The molecule has 0 saturated heterocycles. The van der Waals surface area contributed by atoms with Gasteiger partial charge in [0.2, 0.25) is 11.7 Å². The number of ether oxygens (including phenoxy) is 2. The first kappa shape index (κ1) is 19.5. The molecule has 156 valence electrons. The number of esters is 1. The lowest BCUT2D eigenvalue weighted by atomic mass is 10.3. The van der Waals surface area contributed by atoms with Crippen LogP contribution >= 0.6 is 0 Å². The Morgan fingerprint density at radius 1 is 1.10 bits per heavy atom. The van der Waals surface area contributed by atoms with Gasteiger partial charge in [-0.25, -0.2) is 9.48 Å². The monoisotopic (exact) mass is 412 g/mol. The third kappa shape index (κ3) is 3.47. The molecule has 0 N–H and O–H groups in total. The van der Waals surface area contributed by atoms with Crippen molar-refractivity contribution in [1.29, 1.82) is 0 Å². The highest BCUT2D eigenvalue weighted by Crippen LogP contribution is 2.28. The van der Waals surface area contributed by atoms with Crippen LogP contribution in [0.25, 0.3) is 0 Å². The van der Waals surface area contributed by atoms with Gasteiger partial charge in [-0.05, 0) is 43.3 Å². The van der Waals surface area contributed by atoms with Gasteiger partial charge in [-0.15, -0.1) is 5.10 Å². The minimum atomic E-state index is -0.761. The van der Waals surface area contributed by atoms with Crippen molar-refractivity contribution < 1.29 is 18.7 Å². The zero-order valence-electron chi connectivity index (χ0n) is 16.5. The summed E-state index contributed by atoms with van der Waals surface area (Å²) in [4.78, 5) is 38.5. The molecule has 30 heavy (non-hydrogen) atoms. The van der Waals surface area contributed by atoms with E-state index in [0.717, 1.165) is 16.1 Å². The predicted molar refractivity (Wildman–Crippen MR) is 107 cm³/mol. The third-order valence-electron chi connectivity index (χ3n) is 4.72. The highest BCUT2D eigenvalue weighted by Gasteiger charge is 2.26. The second kappa shape index (κ2) is 7.90. The van der Waals surface area contributed by atoms with E-state index in [-0.39, 0.29) is 12.3 Å². The highest BCUT2D eigenvalue weighted by molar-refractivity contribution is 5.86. The number of rotatable bonds is 6. The Morgan fingerprint density at radius 3 is 2.57 bits per heavy atom. The van der Waals surface area contributed by atoms with Gasteiger partial charge in [0, 0.05) is 18.8 Å². The van der Waals surface area contributed by atoms with E-state index in [4.69, 9.17) is 9.15 Å². The normalized spacial score (nSPS) is 12.7. The van der Waals surface area contributed by atoms with Crippen molar-refractivity contribution in [3.05, 3.63) is 68.6 Å². The molecule has 1 aliphatic rings. The standard InChI is InChI=1S/C20H20N4O6/c1-3-29-14-6-4-13(5-7-14)22-10-11-23-17(25)18(26)24(21-20(22)23)12-15-8-9-16(30-15)19(27)28-2/h4-9H,3,10-12H2,1-2H3. The minimum absolute atomic E-state index is 0.00875. The fraction of sp³-hybridized carbons (Fsp3) is 0.300. The zero-order chi connectivity index (χ0) is 21.3. The van der Waals surface area contributed by atoms with Crippen molar-refractivity contribution in [2.75, 3.05) is 25.2 Å². The van der Waals surface area contributed by atoms with Gasteiger partial charge in [0.15, 0.2) is 0 Å². The van der Waals surface area contributed by atoms with E-state index < -0.39 is 17.1 Å².